The molecule has 2 aromatic rings. The lowest BCUT2D eigenvalue weighted by Gasteiger charge is -2.11. The second kappa shape index (κ2) is 6.31. The Kier molecular flexibility index (Phi) is 4.68. The van der Waals surface area contributed by atoms with Crippen LogP contribution < -0.4 is 4.72 Å². The van der Waals surface area contributed by atoms with Gasteiger partial charge in [-0.25, -0.2) is 8.42 Å². The smallest absolute Gasteiger partial charge is 0.261 e. The van der Waals surface area contributed by atoms with Crippen LogP contribution in [0.25, 0.3) is 0 Å². The monoisotopic (exact) mass is 303 g/mol. The molecular formula is C17H21NO2S. The summed E-state index contributed by atoms with van der Waals surface area (Å²) in [7, 11) is -3.53. The van der Waals surface area contributed by atoms with Gasteiger partial charge in [-0.3, -0.25) is 4.72 Å². The van der Waals surface area contributed by atoms with Gasteiger partial charge in [0, 0.05) is 5.69 Å². The van der Waals surface area contributed by atoms with Crippen LogP contribution in [0.15, 0.2) is 53.4 Å². The molecule has 0 amide bonds. The van der Waals surface area contributed by atoms with Gasteiger partial charge in [0.15, 0.2) is 0 Å². The number of benzene rings is 2. The van der Waals surface area contributed by atoms with Crippen LogP contribution in [-0.2, 0) is 10.0 Å². The second-order valence-corrected chi connectivity index (χ2v) is 7.04. The Morgan fingerprint density at radius 3 is 2.33 bits per heavy atom. The van der Waals surface area contributed by atoms with Crippen LogP contribution in [0.4, 0.5) is 5.69 Å². The highest BCUT2D eigenvalue weighted by molar-refractivity contribution is 7.92. The van der Waals surface area contributed by atoms with E-state index in [1.54, 1.807) is 18.2 Å². The molecule has 0 bridgehead atoms. The molecule has 0 aromatic heterocycles. The van der Waals surface area contributed by atoms with Crippen molar-refractivity contribution in [3.63, 3.8) is 0 Å². The van der Waals surface area contributed by atoms with Crippen LogP contribution in [0.2, 0.25) is 0 Å². The predicted octanol–water partition coefficient (Wildman–Crippen LogP) is 4.31. The highest BCUT2D eigenvalue weighted by atomic mass is 32.2. The molecule has 2 aromatic carbocycles. The number of hydrogen-bond donors (Lipinski definition) is 1. The van der Waals surface area contributed by atoms with Crippen LogP contribution >= 0.6 is 0 Å². The molecule has 1 atom stereocenters. The third-order valence-electron chi connectivity index (χ3n) is 3.64. The van der Waals surface area contributed by atoms with Gasteiger partial charge >= 0.3 is 0 Å². The van der Waals surface area contributed by atoms with Gasteiger partial charge in [0.2, 0.25) is 0 Å². The van der Waals surface area contributed by atoms with Gasteiger partial charge in [0.05, 0.1) is 4.90 Å². The number of rotatable bonds is 5. The summed E-state index contributed by atoms with van der Waals surface area (Å²) < 4.78 is 27.3. The van der Waals surface area contributed by atoms with E-state index in [4.69, 9.17) is 0 Å². The van der Waals surface area contributed by atoms with E-state index in [2.05, 4.69) is 18.6 Å². The average molecular weight is 303 g/mol. The first-order valence-corrected chi connectivity index (χ1v) is 8.60. The lowest BCUT2D eigenvalue weighted by Crippen LogP contribution is -2.13. The summed E-state index contributed by atoms with van der Waals surface area (Å²) in [6, 6.07) is 14.4. The summed E-state index contributed by atoms with van der Waals surface area (Å²) in [5, 5.41) is 0. The molecule has 1 unspecified atom stereocenters. The van der Waals surface area contributed by atoms with Crippen molar-refractivity contribution in [2.24, 2.45) is 0 Å². The number of hydrogen-bond acceptors (Lipinski definition) is 2. The Bertz CT molecular complexity index is 706. The first kappa shape index (κ1) is 15.6. The maximum atomic E-state index is 12.4. The van der Waals surface area contributed by atoms with E-state index in [-0.39, 0.29) is 4.90 Å². The molecule has 0 radical (unpaired) electrons. The van der Waals surface area contributed by atoms with Crippen LogP contribution in [0, 0.1) is 6.92 Å². The third-order valence-corrected chi connectivity index (χ3v) is 5.04. The highest BCUT2D eigenvalue weighted by Crippen LogP contribution is 2.22. The van der Waals surface area contributed by atoms with Crippen molar-refractivity contribution >= 4 is 15.7 Å². The molecule has 21 heavy (non-hydrogen) atoms. The van der Waals surface area contributed by atoms with Crippen molar-refractivity contribution < 1.29 is 8.42 Å². The van der Waals surface area contributed by atoms with Crippen molar-refractivity contribution in [2.75, 3.05) is 4.72 Å². The molecule has 0 heterocycles. The van der Waals surface area contributed by atoms with Gasteiger partial charge in [-0.1, -0.05) is 38.1 Å². The summed E-state index contributed by atoms with van der Waals surface area (Å²) in [4.78, 5) is 0.288. The SMILES string of the molecule is CCC(C)c1ccc(S(=O)(=O)Nc2cccc(C)c2)cc1. The van der Waals surface area contributed by atoms with E-state index < -0.39 is 10.0 Å². The van der Waals surface area contributed by atoms with E-state index in [1.807, 2.05) is 37.3 Å². The molecule has 0 saturated carbocycles. The van der Waals surface area contributed by atoms with E-state index in [1.165, 1.54) is 0 Å². The first-order valence-electron chi connectivity index (χ1n) is 7.12. The fraction of sp³-hybridized carbons (Fsp3) is 0.294. The normalized spacial score (nSPS) is 12.9. The summed E-state index contributed by atoms with van der Waals surface area (Å²) in [5.41, 5.74) is 2.76. The fourth-order valence-corrected chi connectivity index (χ4v) is 3.18. The molecule has 0 aliphatic rings. The second-order valence-electron chi connectivity index (χ2n) is 5.35. The lowest BCUT2D eigenvalue weighted by atomic mass is 9.99. The molecule has 2 rings (SSSR count). The van der Waals surface area contributed by atoms with Crippen molar-refractivity contribution in [1.82, 2.24) is 0 Å². The van der Waals surface area contributed by atoms with Crippen LogP contribution in [0.1, 0.15) is 37.3 Å². The Morgan fingerprint density at radius 2 is 1.76 bits per heavy atom. The number of aryl methyl sites for hydroxylation is 1. The number of nitrogens with one attached hydrogen (secondary N) is 1. The summed E-state index contributed by atoms with van der Waals surface area (Å²) in [6.45, 7) is 6.18. The highest BCUT2D eigenvalue weighted by Gasteiger charge is 2.14. The van der Waals surface area contributed by atoms with Crippen molar-refractivity contribution in [2.45, 2.75) is 38.0 Å². The van der Waals surface area contributed by atoms with Gasteiger partial charge in [-0.05, 0) is 54.7 Å². The minimum absolute atomic E-state index is 0.288. The van der Waals surface area contributed by atoms with E-state index in [0.717, 1.165) is 17.5 Å². The molecule has 3 nitrogen and oxygen atoms in total. The minimum Gasteiger partial charge on any atom is -0.280 e. The largest absolute Gasteiger partial charge is 0.280 e. The summed E-state index contributed by atoms with van der Waals surface area (Å²) >= 11 is 0. The van der Waals surface area contributed by atoms with Crippen molar-refractivity contribution in [3.8, 4) is 0 Å². The Morgan fingerprint density at radius 1 is 1.10 bits per heavy atom. The fourth-order valence-electron chi connectivity index (χ4n) is 2.13. The molecule has 0 fully saturated rings. The quantitative estimate of drug-likeness (QED) is 0.894. The topological polar surface area (TPSA) is 46.2 Å². The molecule has 4 heteroatoms. The molecule has 0 aliphatic heterocycles. The van der Waals surface area contributed by atoms with Gasteiger partial charge < -0.3 is 0 Å². The Balaban J connectivity index is 2.23. The van der Waals surface area contributed by atoms with Gasteiger partial charge in [0.25, 0.3) is 10.0 Å². The maximum Gasteiger partial charge on any atom is 0.261 e. The molecular weight excluding hydrogens is 282 g/mol. The first-order chi connectivity index (χ1) is 9.92. The Hall–Kier alpha value is -1.81. The predicted molar refractivity (Wildman–Crippen MR) is 87.1 cm³/mol. The third kappa shape index (κ3) is 3.85. The summed E-state index contributed by atoms with van der Waals surface area (Å²) in [6.07, 6.45) is 1.04. The van der Waals surface area contributed by atoms with Crippen molar-refractivity contribution in [3.05, 3.63) is 59.7 Å². The Labute approximate surface area is 127 Å². The van der Waals surface area contributed by atoms with E-state index in [0.29, 0.717) is 11.6 Å². The van der Waals surface area contributed by atoms with Gasteiger partial charge in [-0.15, -0.1) is 0 Å². The van der Waals surface area contributed by atoms with Crippen LogP contribution in [0.5, 0.6) is 0 Å². The van der Waals surface area contributed by atoms with Gasteiger partial charge in [-0.2, -0.15) is 0 Å². The maximum absolute atomic E-state index is 12.4. The van der Waals surface area contributed by atoms with E-state index in [9.17, 15) is 8.42 Å². The van der Waals surface area contributed by atoms with Gasteiger partial charge in [0.1, 0.15) is 0 Å². The van der Waals surface area contributed by atoms with Crippen LogP contribution in [-0.4, -0.2) is 8.42 Å². The molecule has 0 aliphatic carbocycles. The molecule has 112 valence electrons. The van der Waals surface area contributed by atoms with Crippen LogP contribution in [0.3, 0.4) is 0 Å². The summed E-state index contributed by atoms with van der Waals surface area (Å²) in [5.74, 6) is 0.437. The average Bonchev–Trinajstić information content (AvgIpc) is 2.46. The zero-order valence-corrected chi connectivity index (χ0v) is 13.4. The molecule has 0 spiro atoms. The number of sulfonamides is 1. The zero-order valence-electron chi connectivity index (χ0n) is 12.6. The zero-order chi connectivity index (χ0) is 15.5. The standard InChI is InChI=1S/C17H21NO2S/c1-4-14(3)15-8-10-17(11-9-15)21(19,20)18-16-7-5-6-13(2)12-16/h5-12,14,18H,4H2,1-3H3. The molecule has 1 N–H and O–H groups in total. The minimum atomic E-state index is -3.53. The lowest BCUT2D eigenvalue weighted by molar-refractivity contribution is 0.601. The van der Waals surface area contributed by atoms with E-state index >= 15 is 0 Å². The number of anilines is 1. The molecule has 0 saturated heterocycles. The van der Waals surface area contributed by atoms with Crippen molar-refractivity contribution in [1.29, 1.82) is 0 Å².